The average molecular weight is 371 g/mol. The van der Waals surface area contributed by atoms with E-state index >= 15 is 0 Å². The van der Waals surface area contributed by atoms with Gasteiger partial charge in [-0.05, 0) is 0 Å². The van der Waals surface area contributed by atoms with Gasteiger partial charge in [0.05, 0.1) is 0 Å². The van der Waals surface area contributed by atoms with Crippen LogP contribution in [-0.2, 0) is 0 Å². The molecule has 0 fully saturated rings. The molecule has 0 aliphatic carbocycles. The van der Waals surface area contributed by atoms with Crippen molar-refractivity contribution in [2.75, 3.05) is 0 Å². The summed E-state index contributed by atoms with van der Waals surface area (Å²) in [4.78, 5) is 12.8. The molecule has 3 aromatic rings. The maximum atomic E-state index is 12.8. The average Bonchev–Trinajstić information content (AvgIpc) is 2.58. The monoisotopic (exact) mass is 370 g/mol. The first-order valence-corrected chi connectivity index (χ1v) is 9.92. The standard InChI is InChI=1S/C19H16BrOP/c20-19(21)22(16-10-4-1-5-11-16,17-12-6-2-7-13-17)18-14-8-3-9-15-18/h1-15,22H. The SMILES string of the molecule is O=C(Br)[PH](c1ccccc1)(c1ccccc1)c1ccccc1. The number of hydrogen-bond acceptors (Lipinski definition) is 1. The van der Waals surface area contributed by atoms with E-state index in [0.717, 1.165) is 15.9 Å². The van der Waals surface area contributed by atoms with Crippen molar-refractivity contribution in [3.63, 3.8) is 0 Å². The second kappa shape index (κ2) is 6.56. The van der Waals surface area contributed by atoms with E-state index in [2.05, 4.69) is 52.3 Å². The molecule has 0 amide bonds. The van der Waals surface area contributed by atoms with Crippen LogP contribution in [0.3, 0.4) is 0 Å². The molecule has 0 aromatic heterocycles. The molecule has 3 heteroatoms. The van der Waals surface area contributed by atoms with E-state index in [4.69, 9.17) is 0 Å². The predicted octanol–water partition coefficient (Wildman–Crippen LogP) is 4.23. The molecule has 0 saturated heterocycles. The molecule has 0 aliphatic heterocycles. The zero-order chi connectivity index (χ0) is 15.4. The summed E-state index contributed by atoms with van der Waals surface area (Å²) in [5.74, 6) is 0. The van der Waals surface area contributed by atoms with Crippen molar-refractivity contribution in [3.05, 3.63) is 91.0 Å². The summed E-state index contributed by atoms with van der Waals surface area (Å²) in [7, 11) is -2.72. The summed E-state index contributed by atoms with van der Waals surface area (Å²) in [5.41, 5.74) is 0. The molecule has 3 rings (SSSR count). The number of rotatable bonds is 4. The van der Waals surface area contributed by atoms with Gasteiger partial charge in [0.25, 0.3) is 0 Å². The van der Waals surface area contributed by atoms with Gasteiger partial charge in [0.2, 0.25) is 0 Å². The Bertz CT molecular complexity index is 661. The van der Waals surface area contributed by atoms with Crippen LogP contribution in [0.4, 0.5) is 4.79 Å². The van der Waals surface area contributed by atoms with Gasteiger partial charge in [-0.25, -0.2) is 0 Å². The molecule has 0 radical (unpaired) electrons. The van der Waals surface area contributed by atoms with Crippen LogP contribution in [0.1, 0.15) is 0 Å². The summed E-state index contributed by atoms with van der Waals surface area (Å²) in [6.07, 6.45) is 0. The summed E-state index contributed by atoms with van der Waals surface area (Å²) in [5, 5.41) is 3.28. The number of benzene rings is 3. The first-order chi connectivity index (χ1) is 10.8. The molecule has 110 valence electrons. The van der Waals surface area contributed by atoms with Crippen LogP contribution in [0, 0.1) is 0 Å². The van der Waals surface area contributed by atoms with Gasteiger partial charge >= 0.3 is 139 Å². The van der Waals surface area contributed by atoms with Gasteiger partial charge in [0.1, 0.15) is 0 Å². The second-order valence-corrected chi connectivity index (χ2v) is 10.3. The molecule has 1 nitrogen and oxygen atoms in total. The van der Waals surface area contributed by atoms with Crippen molar-refractivity contribution in [1.29, 1.82) is 0 Å². The molecular weight excluding hydrogens is 355 g/mol. The zero-order valence-electron chi connectivity index (χ0n) is 11.9. The van der Waals surface area contributed by atoms with E-state index in [1.807, 2.05) is 54.6 Å². The fourth-order valence-electron chi connectivity index (χ4n) is 2.90. The van der Waals surface area contributed by atoms with Crippen molar-refractivity contribution in [2.45, 2.75) is 0 Å². The number of hydrogen-bond donors (Lipinski definition) is 0. The molecule has 0 atom stereocenters. The maximum absolute atomic E-state index is 12.8. The van der Waals surface area contributed by atoms with Crippen molar-refractivity contribution >= 4 is 43.5 Å². The Morgan fingerprint density at radius 2 is 0.864 bits per heavy atom. The quantitative estimate of drug-likeness (QED) is 0.496. The Balaban J connectivity index is 2.37. The topological polar surface area (TPSA) is 17.1 Å². The van der Waals surface area contributed by atoms with Crippen molar-refractivity contribution < 1.29 is 4.79 Å². The van der Waals surface area contributed by atoms with Crippen molar-refractivity contribution in [2.24, 2.45) is 0 Å². The van der Waals surface area contributed by atoms with Gasteiger partial charge in [0, 0.05) is 0 Å². The molecule has 0 heterocycles. The molecule has 0 spiro atoms. The Hall–Kier alpha value is -1.76. The van der Waals surface area contributed by atoms with Crippen molar-refractivity contribution in [1.82, 2.24) is 0 Å². The van der Waals surface area contributed by atoms with Crippen LogP contribution < -0.4 is 15.9 Å². The van der Waals surface area contributed by atoms with Crippen LogP contribution in [0.2, 0.25) is 0 Å². The van der Waals surface area contributed by atoms with Crippen molar-refractivity contribution in [3.8, 4) is 0 Å². The van der Waals surface area contributed by atoms with Gasteiger partial charge in [-0.3, -0.25) is 0 Å². The normalized spacial score (nSPS) is 11.9. The van der Waals surface area contributed by atoms with Crippen LogP contribution in [0.15, 0.2) is 91.0 Å². The molecule has 22 heavy (non-hydrogen) atoms. The Labute approximate surface area is 139 Å². The van der Waals surface area contributed by atoms with E-state index < -0.39 is 7.26 Å². The molecular formula is C19H16BrOP. The molecule has 0 unspecified atom stereocenters. The Morgan fingerprint density at radius 1 is 0.591 bits per heavy atom. The first kappa shape index (κ1) is 15.1. The zero-order valence-corrected chi connectivity index (χ0v) is 14.5. The van der Waals surface area contributed by atoms with Crippen LogP contribution >= 0.6 is 23.2 Å². The number of carbonyl (C=O) groups is 1. The van der Waals surface area contributed by atoms with Crippen LogP contribution in [-0.4, -0.2) is 4.43 Å². The van der Waals surface area contributed by atoms with E-state index in [9.17, 15) is 4.79 Å². The van der Waals surface area contributed by atoms with Gasteiger partial charge in [0.15, 0.2) is 0 Å². The van der Waals surface area contributed by atoms with Crippen LogP contribution in [0.5, 0.6) is 0 Å². The third-order valence-electron chi connectivity index (χ3n) is 3.92. The second-order valence-electron chi connectivity index (χ2n) is 5.12. The fraction of sp³-hybridized carbons (Fsp3) is 0. The number of carbonyl (C=O) groups excluding carboxylic acids is 1. The van der Waals surface area contributed by atoms with Gasteiger partial charge in [-0.1, -0.05) is 0 Å². The summed E-state index contributed by atoms with van der Waals surface area (Å²) in [6.45, 7) is 0. The summed E-state index contributed by atoms with van der Waals surface area (Å²) in [6, 6.07) is 30.3. The minimum absolute atomic E-state index is 0.0728. The first-order valence-electron chi connectivity index (χ1n) is 7.13. The van der Waals surface area contributed by atoms with E-state index in [1.165, 1.54) is 0 Å². The van der Waals surface area contributed by atoms with E-state index in [0.29, 0.717) is 0 Å². The molecule has 0 aliphatic rings. The molecule has 3 aromatic carbocycles. The van der Waals surface area contributed by atoms with Crippen LogP contribution in [0.25, 0.3) is 0 Å². The Morgan fingerprint density at radius 3 is 1.09 bits per heavy atom. The number of halogens is 1. The van der Waals surface area contributed by atoms with Gasteiger partial charge in [-0.2, -0.15) is 0 Å². The third kappa shape index (κ3) is 2.54. The fourth-order valence-corrected chi connectivity index (χ4v) is 8.72. The molecule has 0 N–H and O–H groups in total. The van der Waals surface area contributed by atoms with E-state index in [1.54, 1.807) is 0 Å². The summed E-state index contributed by atoms with van der Waals surface area (Å²) < 4.78 is 0.0728. The Kier molecular flexibility index (Phi) is 4.52. The molecule has 0 bridgehead atoms. The van der Waals surface area contributed by atoms with Gasteiger partial charge < -0.3 is 0 Å². The molecule has 0 saturated carbocycles. The third-order valence-corrected chi connectivity index (χ3v) is 9.89. The van der Waals surface area contributed by atoms with Gasteiger partial charge in [-0.15, -0.1) is 0 Å². The predicted molar refractivity (Wildman–Crippen MR) is 101 cm³/mol. The minimum atomic E-state index is -2.72. The van der Waals surface area contributed by atoms with E-state index in [-0.39, 0.29) is 4.43 Å². The summed E-state index contributed by atoms with van der Waals surface area (Å²) >= 11 is 3.33.